The van der Waals surface area contributed by atoms with Gasteiger partial charge in [0.05, 0.1) is 18.7 Å². The Morgan fingerprint density at radius 3 is 3.06 bits per heavy atom. The Bertz CT molecular complexity index is 551. The van der Waals surface area contributed by atoms with Gasteiger partial charge in [0.2, 0.25) is 0 Å². The molecule has 2 rings (SSSR count). The highest BCUT2D eigenvalue weighted by Crippen LogP contribution is 2.26. The van der Waals surface area contributed by atoms with Crippen molar-refractivity contribution in [3.8, 4) is 16.3 Å². The summed E-state index contributed by atoms with van der Waals surface area (Å²) in [5, 5.41) is 12.0. The van der Waals surface area contributed by atoms with Crippen LogP contribution in [-0.4, -0.2) is 22.7 Å². The van der Waals surface area contributed by atoms with Crippen molar-refractivity contribution in [2.75, 3.05) is 6.61 Å². The summed E-state index contributed by atoms with van der Waals surface area (Å²) >= 11 is 1.44. The van der Waals surface area contributed by atoms with Crippen molar-refractivity contribution < 1.29 is 14.6 Å². The van der Waals surface area contributed by atoms with Crippen molar-refractivity contribution in [2.24, 2.45) is 0 Å². The first-order valence-electron chi connectivity index (χ1n) is 5.58. The highest BCUT2D eigenvalue weighted by atomic mass is 32.1. The molecule has 0 bridgehead atoms. The number of nitrogens with zero attached hydrogens (tertiary/aromatic N) is 1. The lowest BCUT2D eigenvalue weighted by molar-refractivity contribution is -0.142. The van der Waals surface area contributed by atoms with E-state index in [2.05, 4.69) is 4.98 Å². The zero-order valence-electron chi connectivity index (χ0n) is 9.92. The van der Waals surface area contributed by atoms with Crippen LogP contribution in [0.3, 0.4) is 0 Å². The summed E-state index contributed by atoms with van der Waals surface area (Å²) in [6, 6.07) is 6.88. The molecule has 0 radical (unpaired) electrons. The fourth-order valence-electron chi connectivity index (χ4n) is 1.52. The third kappa shape index (κ3) is 3.07. The molecule has 0 saturated carbocycles. The van der Waals surface area contributed by atoms with Gasteiger partial charge < -0.3 is 9.84 Å². The summed E-state index contributed by atoms with van der Waals surface area (Å²) < 4.78 is 4.87. The Morgan fingerprint density at radius 1 is 1.50 bits per heavy atom. The van der Waals surface area contributed by atoms with E-state index in [0.717, 1.165) is 10.6 Å². The molecule has 94 valence electrons. The van der Waals surface area contributed by atoms with Crippen LogP contribution in [-0.2, 0) is 16.0 Å². The fourth-order valence-corrected chi connectivity index (χ4v) is 2.34. The molecule has 0 aliphatic carbocycles. The minimum absolute atomic E-state index is 0.184. The number of rotatable bonds is 4. The molecule has 1 aromatic heterocycles. The number of carbonyl (C=O) groups excluding carboxylic acids is 1. The topological polar surface area (TPSA) is 59.4 Å². The monoisotopic (exact) mass is 263 g/mol. The molecular weight excluding hydrogens is 250 g/mol. The average Bonchev–Trinajstić information content (AvgIpc) is 2.78. The minimum Gasteiger partial charge on any atom is -0.508 e. The molecule has 2 aromatic rings. The van der Waals surface area contributed by atoms with Crippen LogP contribution in [0.1, 0.15) is 12.6 Å². The Labute approximate surface area is 109 Å². The molecular formula is C13H13NO3S. The molecule has 0 aliphatic heterocycles. The van der Waals surface area contributed by atoms with Gasteiger partial charge >= 0.3 is 5.97 Å². The number of carbonyl (C=O) groups is 1. The van der Waals surface area contributed by atoms with Gasteiger partial charge in [0.25, 0.3) is 0 Å². The summed E-state index contributed by atoms with van der Waals surface area (Å²) in [6.45, 7) is 2.15. The van der Waals surface area contributed by atoms with Gasteiger partial charge in [0, 0.05) is 10.9 Å². The van der Waals surface area contributed by atoms with E-state index in [1.807, 2.05) is 11.4 Å². The summed E-state index contributed by atoms with van der Waals surface area (Å²) in [5.41, 5.74) is 1.53. The molecule has 4 nitrogen and oxygen atoms in total. The van der Waals surface area contributed by atoms with E-state index in [-0.39, 0.29) is 18.1 Å². The van der Waals surface area contributed by atoms with Crippen LogP contribution in [0.2, 0.25) is 0 Å². The number of thiazole rings is 1. The maximum absolute atomic E-state index is 11.3. The molecule has 0 fully saturated rings. The van der Waals surface area contributed by atoms with Gasteiger partial charge in [-0.2, -0.15) is 0 Å². The molecule has 1 aromatic carbocycles. The van der Waals surface area contributed by atoms with E-state index in [9.17, 15) is 9.90 Å². The third-order valence-corrected chi connectivity index (χ3v) is 3.22. The predicted molar refractivity (Wildman–Crippen MR) is 69.6 cm³/mol. The molecule has 18 heavy (non-hydrogen) atoms. The number of hydrogen-bond donors (Lipinski definition) is 1. The zero-order chi connectivity index (χ0) is 13.0. The quantitative estimate of drug-likeness (QED) is 0.861. The maximum Gasteiger partial charge on any atom is 0.311 e. The van der Waals surface area contributed by atoms with Gasteiger partial charge in [-0.15, -0.1) is 11.3 Å². The van der Waals surface area contributed by atoms with Gasteiger partial charge in [-0.1, -0.05) is 12.1 Å². The Morgan fingerprint density at radius 2 is 2.33 bits per heavy atom. The lowest BCUT2D eigenvalue weighted by Gasteiger charge is -1.98. The van der Waals surface area contributed by atoms with E-state index in [4.69, 9.17) is 4.74 Å². The highest BCUT2D eigenvalue weighted by Gasteiger charge is 2.09. The third-order valence-electron chi connectivity index (χ3n) is 2.28. The number of aromatic nitrogens is 1. The predicted octanol–water partition coefficient (Wildman–Crippen LogP) is 2.62. The van der Waals surface area contributed by atoms with Crippen LogP contribution < -0.4 is 0 Å². The molecule has 0 unspecified atom stereocenters. The largest absolute Gasteiger partial charge is 0.508 e. The Kier molecular flexibility index (Phi) is 3.94. The maximum atomic E-state index is 11.3. The van der Waals surface area contributed by atoms with E-state index in [1.165, 1.54) is 11.3 Å². The summed E-state index contributed by atoms with van der Waals surface area (Å²) in [6.07, 6.45) is 0.184. The normalized spacial score (nSPS) is 10.3. The van der Waals surface area contributed by atoms with Crippen LogP contribution in [0.5, 0.6) is 5.75 Å². The smallest absolute Gasteiger partial charge is 0.311 e. The average molecular weight is 263 g/mol. The second-order valence-corrected chi connectivity index (χ2v) is 4.53. The zero-order valence-corrected chi connectivity index (χ0v) is 10.7. The van der Waals surface area contributed by atoms with Gasteiger partial charge in [-0.25, -0.2) is 4.98 Å². The number of ether oxygens (including phenoxy) is 1. The van der Waals surface area contributed by atoms with Gasteiger partial charge in [-0.3, -0.25) is 4.79 Å². The molecule has 0 saturated heterocycles. The highest BCUT2D eigenvalue weighted by molar-refractivity contribution is 7.13. The van der Waals surface area contributed by atoms with Gasteiger partial charge in [-0.05, 0) is 19.1 Å². The van der Waals surface area contributed by atoms with Crippen LogP contribution in [0.4, 0.5) is 0 Å². The van der Waals surface area contributed by atoms with Crippen molar-refractivity contribution in [3.05, 3.63) is 35.3 Å². The first kappa shape index (κ1) is 12.6. The molecule has 0 atom stereocenters. The lowest BCUT2D eigenvalue weighted by Crippen LogP contribution is -2.07. The second kappa shape index (κ2) is 5.64. The van der Waals surface area contributed by atoms with E-state index in [1.54, 1.807) is 25.1 Å². The number of esters is 1. The van der Waals surface area contributed by atoms with Crippen molar-refractivity contribution in [3.63, 3.8) is 0 Å². The Balaban J connectivity index is 2.13. The fraction of sp³-hybridized carbons (Fsp3) is 0.231. The van der Waals surface area contributed by atoms with Crippen LogP contribution in [0, 0.1) is 0 Å². The van der Waals surface area contributed by atoms with Crippen molar-refractivity contribution in [1.29, 1.82) is 0 Å². The molecule has 1 heterocycles. The molecule has 0 aliphatic rings. The molecule has 5 heteroatoms. The number of hydrogen-bond acceptors (Lipinski definition) is 5. The number of phenols is 1. The van der Waals surface area contributed by atoms with E-state index in [0.29, 0.717) is 12.3 Å². The van der Waals surface area contributed by atoms with Crippen molar-refractivity contribution in [1.82, 2.24) is 4.98 Å². The van der Waals surface area contributed by atoms with E-state index < -0.39 is 0 Å². The standard InChI is InChI=1S/C13H13NO3S/c1-2-17-12(16)7-10-8-18-13(14-10)9-4-3-5-11(15)6-9/h3-6,8,15H,2,7H2,1H3. The van der Waals surface area contributed by atoms with Crippen molar-refractivity contribution in [2.45, 2.75) is 13.3 Å². The van der Waals surface area contributed by atoms with Crippen LogP contribution >= 0.6 is 11.3 Å². The molecule has 0 amide bonds. The van der Waals surface area contributed by atoms with E-state index >= 15 is 0 Å². The van der Waals surface area contributed by atoms with Crippen LogP contribution in [0.25, 0.3) is 10.6 Å². The number of aromatic hydroxyl groups is 1. The summed E-state index contributed by atoms with van der Waals surface area (Å²) in [7, 11) is 0. The van der Waals surface area contributed by atoms with Crippen LogP contribution in [0.15, 0.2) is 29.6 Å². The van der Waals surface area contributed by atoms with Gasteiger partial charge in [0.1, 0.15) is 10.8 Å². The lowest BCUT2D eigenvalue weighted by atomic mass is 10.2. The first-order chi connectivity index (χ1) is 8.69. The summed E-state index contributed by atoms with van der Waals surface area (Å²) in [4.78, 5) is 15.7. The summed E-state index contributed by atoms with van der Waals surface area (Å²) in [5.74, 6) is -0.0695. The Hall–Kier alpha value is -1.88. The number of benzene rings is 1. The minimum atomic E-state index is -0.273. The molecule has 0 spiro atoms. The number of phenolic OH excluding ortho intramolecular Hbond substituents is 1. The second-order valence-electron chi connectivity index (χ2n) is 3.68. The molecule has 1 N–H and O–H groups in total. The first-order valence-corrected chi connectivity index (χ1v) is 6.46. The van der Waals surface area contributed by atoms with Crippen molar-refractivity contribution >= 4 is 17.3 Å². The van der Waals surface area contributed by atoms with Gasteiger partial charge in [0.15, 0.2) is 0 Å². The SMILES string of the molecule is CCOC(=O)Cc1csc(-c2cccc(O)c2)n1.